The first-order chi connectivity index (χ1) is 8.67. The number of H-pyrrole nitrogens is 1. The predicted molar refractivity (Wildman–Crippen MR) is 74.4 cm³/mol. The van der Waals surface area contributed by atoms with Gasteiger partial charge in [-0.1, -0.05) is 0 Å². The van der Waals surface area contributed by atoms with Gasteiger partial charge in [-0.05, 0) is 37.9 Å². The van der Waals surface area contributed by atoms with Gasteiger partial charge in [-0.25, -0.2) is 0 Å². The molecule has 1 aromatic heterocycles. The number of aromatic nitrogens is 2. The molecule has 0 fully saturated rings. The summed E-state index contributed by atoms with van der Waals surface area (Å²) in [6, 6.07) is 5.42. The zero-order valence-corrected chi connectivity index (χ0v) is 12.0. The molecule has 2 aromatic rings. The highest BCUT2D eigenvalue weighted by atomic mass is 79.9. The van der Waals surface area contributed by atoms with E-state index < -0.39 is 0 Å². The van der Waals surface area contributed by atoms with E-state index in [9.17, 15) is 0 Å². The van der Waals surface area contributed by atoms with Crippen molar-refractivity contribution < 1.29 is 0 Å². The largest absolute Gasteiger partial charge is 0.358 e. The van der Waals surface area contributed by atoms with Gasteiger partial charge in [0.05, 0.1) is 17.4 Å². The van der Waals surface area contributed by atoms with Gasteiger partial charge in [0, 0.05) is 20.5 Å². The van der Waals surface area contributed by atoms with Gasteiger partial charge in [0.15, 0.2) is 0 Å². The van der Waals surface area contributed by atoms with Gasteiger partial charge in [-0.3, -0.25) is 5.10 Å². The molecule has 0 aliphatic rings. The average molecular weight is 367 g/mol. The molecule has 0 amide bonds. The van der Waals surface area contributed by atoms with Crippen LogP contribution in [0.4, 0.5) is 5.69 Å². The number of nitriles is 2. The second-order valence-electron chi connectivity index (χ2n) is 3.30. The molecule has 2 rings (SSSR count). The number of rotatable bonds is 2. The zero-order valence-electron chi connectivity index (χ0n) is 8.83. The van der Waals surface area contributed by atoms with Crippen molar-refractivity contribution in [2.45, 2.75) is 0 Å². The van der Waals surface area contributed by atoms with E-state index in [1.54, 1.807) is 18.3 Å². The second kappa shape index (κ2) is 5.21. The molecule has 1 aromatic carbocycles. The van der Waals surface area contributed by atoms with E-state index in [0.29, 0.717) is 0 Å². The van der Waals surface area contributed by atoms with Crippen molar-refractivity contribution in [1.29, 1.82) is 10.5 Å². The van der Waals surface area contributed by atoms with Crippen LogP contribution in [0.2, 0.25) is 0 Å². The van der Waals surface area contributed by atoms with E-state index in [1.165, 1.54) is 6.20 Å². The van der Waals surface area contributed by atoms with Crippen LogP contribution < -0.4 is 5.32 Å². The topological polar surface area (TPSA) is 88.3 Å². The standard InChI is InChI=1S/C11H5Br2N5/c12-8-1-9(13)11-7(5-17-18-11)10(8)16-4-6(2-14)3-15/h1,4-5,16H,(H,17,18). The van der Waals surface area contributed by atoms with Crippen LogP contribution in [0.5, 0.6) is 0 Å². The quantitative estimate of drug-likeness (QED) is 0.797. The molecule has 0 saturated heterocycles. The van der Waals surface area contributed by atoms with Crippen LogP contribution in [0.1, 0.15) is 0 Å². The number of aromatic amines is 1. The molecular weight excluding hydrogens is 362 g/mol. The van der Waals surface area contributed by atoms with Crippen molar-refractivity contribution in [2.24, 2.45) is 0 Å². The van der Waals surface area contributed by atoms with Crippen LogP contribution in [0.15, 0.2) is 33.0 Å². The fraction of sp³-hybridized carbons (Fsp3) is 0. The molecule has 18 heavy (non-hydrogen) atoms. The molecule has 0 aliphatic carbocycles. The van der Waals surface area contributed by atoms with Crippen molar-refractivity contribution >= 4 is 48.5 Å². The van der Waals surface area contributed by atoms with Crippen molar-refractivity contribution in [1.82, 2.24) is 10.2 Å². The highest BCUT2D eigenvalue weighted by Gasteiger charge is 2.10. The van der Waals surface area contributed by atoms with Gasteiger partial charge in [-0.15, -0.1) is 0 Å². The Kier molecular flexibility index (Phi) is 3.66. The van der Waals surface area contributed by atoms with Crippen molar-refractivity contribution in [3.63, 3.8) is 0 Å². The summed E-state index contributed by atoms with van der Waals surface area (Å²) in [5.41, 5.74) is 1.58. The number of hydrogen-bond acceptors (Lipinski definition) is 4. The number of hydrogen-bond donors (Lipinski definition) is 2. The van der Waals surface area contributed by atoms with E-state index in [4.69, 9.17) is 10.5 Å². The van der Waals surface area contributed by atoms with Gasteiger partial charge in [-0.2, -0.15) is 15.6 Å². The van der Waals surface area contributed by atoms with E-state index in [0.717, 1.165) is 25.5 Å². The lowest BCUT2D eigenvalue weighted by Crippen LogP contribution is -1.92. The molecular formula is C11H5Br2N5. The van der Waals surface area contributed by atoms with E-state index in [1.807, 2.05) is 6.07 Å². The minimum Gasteiger partial charge on any atom is -0.358 e. The number of anilines is 1. The lowest BCUT2D eigenvalue weighted by Gasteiger charge is -2.06. The maximum absolute atomic E-state index is 8.67. The van der Waals surface area contributed by atoms with E-state index in [-0.39, 0.29) is 5.57 Å². The first-order valence-corrected chi connectivity index (χ1v) is 6.34. The summed E-state index contributed by atoms with van der Waals surface area (Å²) in [7, 11) is 0. The van der Waals surface area contributed by atoms with Gasteiger partial charge in [0.1, 0.15) is 17.7 Å². The fourth-order valence-corrected chi connectivity index (χ4v) is 2.82. The van der Waals surface area contributed by atoms with Gasteiger partial charge < -0.3 is 5.32 Å². The number of benzene rings is 1. The Labute approximate surface area is 119 Å². The maximum atomic E-state index is 8.67. The number of nitrogens with zero attached hydrogens (tertiary/aromatic N) is 3. The Morgan fingerprint density at radius 2 is 2.06 bits per heavy atom. The number of halogens is 2. The summed E-state index contributed by atoms with van der Waals surface area (Å²) in [4.78, 5) is 0. The first kappa shape index (κ1) is 12.6. The van der Waals surface area contributed by atoms with Crippen molar-refractivity contribution in [2.75, 3.05) is 5.32 Å². The van der Waals surface area contributed by atoms with Crippen LogP contribution in [0, 0.1) is 22.7 Å². The minimum absolute atomic E-state index is 0.00136. The number of allylic oxidation sites excluding steroid dienone is 1. The molecule has 7 heteroatoms. The summed E-state index contributed by atoms with van der Waals surface area (Å²) in [6.07, 6.45) is 3.03. The Balaban J connectivity index is 2.53. The number of fused-ring (bicyclic) bond motifs is 1. The molecule has 0 saturated carbocycles. The highest BCUT2D eigenvalue weighted by Crippen LogP contribution is 2.35. The van der Waals surface area contributed by atoms with E-state index in [2.05, 4.69) is 47.4 Å². The predicted octanol–water partition coefficient (Wildman–Crippen LogP) is 3.43. The maximum Gasteiger partial charge on any atom is 0.145 e. The smallest absolute Gasteiger partial charge is 0.145 e. The molecule has 5 nitrogen and oxygen atoms in total. The molecule has 1 heterocycles. The van der Waals surface area contributed by atoms with Crippen LogP contribution in [-0.4, -0.2) is 10.2 Å². The lowest BCUT2D eigenvalue weighted by molar-refractivity contribution is 1.12. The molecule has 2 N–H and O–H groups in total. The molecule has 0 radical (unpaired) electrons. The first-order valence-electron chi connectivity index (χ1n) is 4.75. The minimum atomic E-state index is 0.00136. The second-order valence-corrected chi connectivity index (χ2v) is 5.01. The summed E-state index contributed by atoms with van der Waals surface area (Å²) in [5, 5.41) is 28.0. The summed E-state index contributed by atoms with van der Waals surface area (Å²) in [6.45, 7) is 0. The van der Waals surface area contributed by atoms with Crippen molar-refractivity contribution in [3.05, 3.63) is 33.0 Å². The molecule has 0 spiro atoms. The molecule has 0 aliphatic heterocycles. The third-order valence-corrected chi connectivity index (χ3v) is 3.49. The third kappa shape index (κ3) is 2.23. The Morgan fingerprint density at radius 1 is 1.33 bits per heavy atom. The lowest BCUT2D eigenvalue weighted by atomic mass is 10.2. The van der Waals surface area contributed by atoms with Gasteiger partial charge in [0.25, 0.3) is 0 Å². The summed E-state index contributed by atoms with van der Waals surface area (Å²) in [5.74, 6) is 0. The Bertz CT molecular complexity index is 701. The normalized spacial score (nSPS) is 9.56. The Hall–Kier alpha value is -1.83. The van der Waals surface area contributed by atoms with Crippen LogP contribution in [0.25, 0.3) is 10.9 Å². The summed E-state index contributed by atoms with van der Waals surface area (Å²) < 4.78 is 1.67. The molecule has 0 unspecified atom stereocenters. The highest BCUT2D eigenvalue weighted by molar-refractivity contribution is 9.11. The monoisotopic (exact) mass is 365 g/mol. The van der Waals surface area contributed by atoms with E-state index >= 15 is 0 Å². The summed E-state index contributed by atoms with van der Waals surface area (Å²) >= 11 is 6.84. The average Bonchev–Trinajstić information content (AvgIpc) is 2.83. The van der Waals surface area contributed by atoms with Crippen LogP contribution in [-0.2, 0) is 0 Å². The van der Waals surface area contributed by atoms with Crippen LogP contribution >= 0.6 is 31.9 Å². The molecule has 0 atom stereocenters. The molecule has 0 bridgehead atoms. The third-order valence-electron chi connectivity index (χ3n) is 2.24. The number of nitrogens with one attached hydrogen (secondary N) is 2. The SMILES string of the molecule is N#CC(C#N)=CNc1c(Br)cc(Br)c2[nH]ncc12. The van der Waals surface area contributed by atoms with Crippen molar-refractivity contribution in [3.8, 4) is 12.1 Å². The zero-order chi connectivity index (χ0) is 13.1. The van der Waals surface area contributed by atoms with Crippen LogP contribution in [0.3, 0.4) is 0 Å². The van der Waals surface area contributed by atoms with Gasteiger partial charge in [0.2, 0.25) is 0 Å². The van der Waals surface area contributed by atoms with Gasteiger partial charge >= 0.3 is 0 Å². The fourth-order valence-electron chi connectivity index (χ4n) is 1.42. The Morgan fingerprint density at radius 3 is 2.72 bits per heavy atom. The molecule has 88 valence electrons.